The van der Waals surface area contributed by atoms with Gasteiger partial charge in [-0.05, 0) is 66.4 Å². The molecule has 1 N–H and O–H groups in total. The topological polar surface area (TPSA) is 29.9 Å². The molecule has 0 radical (unpaired) electrons. The van der Waals surface area contributed by atoms with E-state index in [1.54, 1.807) is 0 Å². The second kappa shape index (κ2) is 6.61. The first-order valence-corrected chi connectivity index (χ1v) is 8.72. The Morgan fingerprint density at radius 2 is 2.20 bits per heavy atom. The monoisotopic (exact) mass is 341 g/mol. The largest absolute Gasteiger partial charge is 0.314 e. The summed E-state index contributed by atoms with van der Waals surface area (Å²) in [4.78, 5) is 0. The van der Waals surface area contributed by atoms with Crippen LogP contribution in [0.5, 0.6) is 0 Å². The van der Waals surface area contributed by atoms with Gasteiger partial charge in [0.05, 0.1) is 15.9 Å². The lowest BCUT2D eigenvalue weighted by Gasteiger charge is -2.24. The SMILES string of the molecule is CCCNC1CCC(C)(Cc2c(Br)c(CC)nn2C)C1. The van der Waals surface area contributed by atoms with E-state index in [-0.39, 0.29) is 0 Å². The average molecular weight is 342 g/mol. The van der Waals surface area contributed by atoms with Crippen molar-refractivity contribution in [2.24, 2.45) is 12.5 Å². The third kappa shape index (κ3) is 3.45. The van der Waals surface area contributed by atoms with Crippen LogP contribution in [0.3, 0.4) is 0 Å². The molecule has 0 bridgehead atoms. The molecule has 2 rings (SSSR count). The summed E-state index contributed by atoms with van der Waals surface area (Å²) in [6.07, 6.45) is 7.25. The molecule has 0 aliphatic heterocycles. The van der Waals surface area contributed by atoms with E-state index in [2.05, 4.69) is 58.8 Å². The molecule has 20 heavy (non-hydrogen) atoms. The average Bonchev–Trinajstić information content (AvgIpc) is 2.92. The lowest BCUT2D eigenvalue weighted by atomic mass is 9.83. The molecule has 0 spiro atoms. The van der Waals surface area contributed by atoms with Crippen molar-refractivity contribution in [1.82, 2.24) is 15.1 Å². The van der Waals surface area contributed by atoms with Crippen LogP contribution in [-0.4, -0.2) is 22.4 Å². The van der Waals surface area contributed by atoms with Crippen LogP contribution in [0.15, 0.2) is 4.47 Å². The molecule has 0 aromatic carbocycles. The summed E-state index contributed by atoms with van der Waals surface area (Å²) >= 11 is 3.75. The maximum atomic E-state index is 4.62. The van der Waals surface area contributed by atoms with Crippen molar-refractivity contribution in [1.29, 1.82) is 0 Å². The van der Waals surface area contributed by atoms with E-state index in [9.17, 15) is 0 Å². The maximum absolute atomic E-state index is 4.62. The van der Waals surface area contributed by atoms with E-state index < -0.39 is 0 Å². The van der Waals surface area contributed by atoms with E-state index in [0.717, 1.165) is 19.4 Å². The highest BCUT2D eigenvalue weighted by molar-refractivity contribution is 9.10. The number of hydrogen-bond donors (Lipinski definition) is 1. The number of nitrogens with zero attached hydrogens (tertiary/aromatic N) is 2. The quantitative estimate of drug-likeness (QED) is 0.851. The fraction of sp³-hybridized carbons (Fsp3) is 0.812. The number of nitrogens with one attached hydrogen (secondary N) is 1. The van der Waals surface area contributed by atoms with Crippen LogP contribution in [0.4, 0.5) is 0 Å². The van der Waals surface area contributed by atoms with E-state index in [1.807, 2.05) is 0 Å². The highest BCUT2D eigenvalue weighted by atomic mass is 79.9. The Morgan fingerprint density at radius 1 is 1.45 bits per heavy atom. The van der Waals surface area contributed by atoms with Crippen LogP contribution in [-0.2, 0) is 19.9 Å². The molecule has 1 fully saturated rings. The molecular formula is C16H28BrN3. The van der Waals surface area contributed by atoms with Gasteiger partial charge in [0, 0.05) is 13.1 Å². The van der Waals surface area contributed by atoms with E-state index in [1.165, 1.54) is 41.5 Å². The zero-order chi connectivity index (χ0) is 14.8. The number of hydrogen-bond acceptors (Lipinski definition) is 2. The van der Waals surface area contributed by atoms with Crippen molar-refractivity contribution in [2.75, 3.05) is 6.54 Å². The Morgan fingerprint density at radius 3 is 2.80 bits per heavy atom. The van der Waals surface area contributed by atoms with Crippen LogP contribution >= 0.6 is 15.9 Å². The van der Waals surface area contributed by atoms with Crippen molar-refractivity contribution in [3.05, 3.63) is 15.9 Å². The van der Waals surface area contributed by atoms with Gasteiger partial charge in [-0.3, -0.25) is 4.68 Å². The Kier molecular flexibility index (Phi) is 5.30. The molecule has 1 aliphatic carbocycles. The highest BCUT2D eigenvalue weighted by Crippen LogP contribution is 2.42. The zero-order valence-electron chi connectivity index (χ0n) is 13.3. The van der Waals surface area contributed by atoms with Gasteiger partial charge in [0.15, 0.2) is 0 Å². The molecule has 1 aromatic heterocycles. The predicted molar refractivity (Wildman–Crippen MR) is 88.0 cm³/mol. The predicted octanol–water partition coefficient (Wildman–Crippen LogP) is 3.85. The van der Waals surface area contributed by atoms with Crippen molar-refractivity contribution in [3.63, 3.8) is 0 Å². The summed E-state index contributed by atoms with van der Waals surface area (Å²) in [7, 11) is 2.07. The van der Waals surface area contributed by atoms with Crippen molar-refractivity contribution in [2.45, 2.75) is 65.3 Å². The summed E-state index contributed by atoms with van der Waals surface area (Å²) in [5, 5.41) is 8.31. The van der Waals surface area contributed by atoms with Gasteiger partial charge in [0.1, 0.15) is 0 Å². The smallest absolute Gasteiger partial charge is 0.0766 e. The Bertz CT molecular complexity index is 455. The minimum Gasteiger partial charge on any atom is -0.314 e. The van der Waals surface area contributed by atoms with Gasteiger partial charge >= 0.3 is 0 Å². The normalized spacial score (nSPS) is 26.4. The molecule has 1 saturated carbocycles. The standard InChI is InChI=1S/C16H28BrN3/c1-5-9-18-12-7-8-16(3,10-12)11-14-15(17)13(6-2)19-20(14)4/h12,18H,5-11H2,1-4H3. The van der Waals surface area contributed by atoms with E-state index in [0.29, 0.717) is 11.5 Å². The molecule has 1 aliphatic rings. The molecule has 2 atom stereocenters. The number of aryl methyl sites for hydroxylation is 2. The first-order valence-electron chi connectivity index (χ1n) is 7.92. The Balaban J connectivity index is 2.05. The number of aromatic nitrogens is 2. The summed E-state index contributed by atoms with van der Waals surface area (Å²) in [5.41, 5.74) is 2.96. The molecule has 3 nitrogen and oxygen atoms in total. The number of halogens is 1. The summed E-state index contributed by atoms with van der Waals surface area (Å²) in [5.74, 6) is 0. The molecular weight excluding hydrogens is 314 g/mol. The van der Waals surface area contributed by atoms with Crippen LogP contribution in [0.2, 0.25) is 0 Å². The van der Waals surface area contributed by atoms with Crippen molar-refractivity contribution >= 4 is 15.9 Å². The molecule has 4 heteroatoms. The van der Waals surface area contributed by atoms with Gasteiger partial charge in [-0.25, -0.2) is 0 Å². The summed E-state index contributed by atoms with van der Waals surface area (Å²) in [6, 6.07) is 0.706. The molecule has 114 valence electrons. The maximum Gasteiger partial charge on any atom is 0.0766 e. The fourth-order valence-corrected chi connectivity index (χ4v) is 4.18. The van der Waals surface area contributed by atoms with Crippen LogP contribution < -0.4 is 5.32 Å². The lowest BCUT2D eigenvalue weighted by Crippen LogP contribution is -2.29. The van der Waals surface area contributed by atoms with E-state index >= 15 is 0 Å². The highest BCUT2D eigenvalue weighted by Gasteiger charge is 2.36. The summed E-state index contributed by atoms with van der Waals surface area (Å²) in [6.45, 7) is 7.99. The van der Waals surface area contributed by atoms with Gasteiger partial charge in [0.25, 0.3) is 0 Å². The van der Waals surface area contributed by atoms with E-state index in [4.69, 9.17) is 0 Å². The van der Waals surface area contributed by atoms with Crippen molar-refractivity contribution in [3.8, 4) is 0 Å². The lowest BCUT2D eigenvalue weighted by molar-refractivity contribution is 0.313. The van der Waals surface area contributed by atoms with Gasteiger partial charge in [-0.15, -0.1) is 0 Å². The second-order valence-electron chi connectivity index (χ2n) is 6.57. The minimum absolute atomic E-state index is 0.409. The number of rotatable bonds is 6. The van der Waals surface area contributed by atoms with Crippen LogP contribution in [0.25, 0.3) is 0 Å². The van der Waals surface area contributed by atoms with Gasteiger partial charge in [0.2, 0.25) is 0 Å². The molecule has 1 heterocycles. The molecule has 1 aromatic rings. The third-order valence-corrected chi connectivity index (χ3v) is 5.53. The Hall–Kier alpha value is -0.350. The minimum atomic E-state index is 0.409. The van der Waals surface area contributed by atoms with Crippen molar-refractivity contribution < 1.29 is 0 Å². The van der Waals surface area contributed by atoms with Crippen LogP contribution in [0.1, 0.15) is 57.8 Å². The first kappa shape index (κ1) is 16.0. The van der Waals surface area contributed by atoms with Gasteiger partial charge in [-0.1, -0.05) is 20.8 Å². The zero-order valence-corrected chi connectivity index (χ0v) is 14.9. The fourth-order valence-electron chi connectivity index (χ4n) is 3.42. The second-order valence-corrected chi connectivity index (χ2v) is 7.36. The summed E-state index contributed by atoms with van der Waals surface area (Å²) < 4.78 is 3.30. The Labute approximate surface area is 131 Å². The van der Waals surface area contributed by atoms with Gasteiger partial charge in [-0.2, -0.15) is 5.10 Å². The first-order chi connectivity index (χ1) is 9.49. The third-order valence-electron chi connectivity index (χ3n) is 4.62. The molecule has 0 amide bonds. The molecule has 2 unspecified atom stereocenters. The van der Waals surface area contributed by atoms with Crippen LogP contribution in [0, 0.1) is 5.41 Å². The van der Waals surface area contributed by atoms with Gasteiger partial charge < -0.3 is 5.32 Å². The molecule has 0 saturated heterocycles.